The Balaban J connectivity index is 1.27. The van der Waals surface area contributed by atoms with Crippen LogP contribution in [0.25, 0.3) is 0 Å². The summed E-state index contributed by atoms with van der Waals surface area (Å²) in [5.41, 5.74) is 4.80. The molecule has 2 bridgehead atoms. The molecule has 172 valence electrons. The molecule has 0 saturated carbocycles. The van der Waals surface area contributed by atoms with Gasteiger partial charge in [0.05, 0.1) is 18.4 Å². The summed E-state index contributed by atoms with van der Waals surface area (Å²) in [6.07, 6.45) is 4.52. The summed E-state index contributed by atoms with van der Waals surface area (Å²) >= 11 is 0. The van der Waals surface area contributed by atoms with Gasteiger partial charge in [0, 0.05) is 24.8 Å². The highest BCUT2D eigenvalue weighted by molar-refractivity contribution is 6.07. The highest BCUT2D eigenvalue weighted by Gasteiger charge is 2.61. The van der Waals surface area contributed by atoms with Gasteiger partial charge in [-0.3, -0.25) is 19.3 Å². The van der Waals surface area contributed by atoms with E-state index in [1.54, 1.807) is 0 Å². The van der Waals surface area contributed by atoms with Crippen molar-refractivity contribution in [1.29, 1.82) is 0 Å². The fourth-order valence-corrected chi connectivity index (χ4v) is 6.08. The molecule has 1 saturated heterocycles. The number of unbranched alkanes of at least 4 members (excludes halogenated alkanes) is 3. The van der Waals surface area contributed by atoms with Crippen molar-refractivity contribution in [2.45, 2.75) is 57.3 Å². The first-order chi connectivity index (χ1) is 16.1. The Morgan fingerprint density at radius 1 is 0.788 bits per heavy atom. The number of carbonyl (C=O) groups excluding carboxylic acids is 3. The lowest BCUT2D eigenvalue weighted by molar-refractivity contribution is -0.144. The number of imide groups is 1. The monoisotopic (exact) mass is 445 g/mol. The van der Waals surface area contributed by atoms with E-state index in [1.165, 1.54) is 27.2 Å². The molecular weight excluding hydrogens is 414 g/mol. The zero-order valence-corrected chi connectivity index (χ0v) is 19.2. The van der Waals surface area contributed by atoms with Gasteiger partial charge >= 0.3 is 5.97 Å². The smallest absolute Gasteiger partial charge is 0.305 e. The molecule has 2 amide bonds. The van der Waals surface area contributed by atoms with Crippen molar-refractivity contribution in [2.75, 3.05) is 13.2 Å². The van der Waals surface area contributed by atoms with Crippen LogP contribution in [0.1, 0.15) is 79.5 Å². The Labute approximate surface area is 195 Å². The first-order valence-electron chi connectivity index (χ1n) is 12.3. The third-order valence-electron chi connectivity index (χ3n) is 7.56. The number of hydrogen-bond acceptors (Lipinski definition) is 4. The summed E-state index contributed by atoms with van der Waals surface area (Å²) in [4.78, 5) is 40.3. The molecule has 1 fully saturated rings. The molecule has 3 aliphatic carbocycles. The third kappa shape index (κ3) is 3.68. The van der Waals surface area contributed by atoms with Gasteiger partial charge in [-0.2, -0.15) is 0 Å². The number of rotatable bonds is 9. The van der Waals surface area contributed by atoms with E-state index in [2.05, 4.69) is 31.2 Å². The molecule has 1 heterocycles. The summed E-state index contributed by atoms with van der Waals surface area (Å²) in [5, 5.41) is 0. The Hall–Kier alpha value is -2.95. The van der Waals surface area contributed by atoms with Crippen LogP contribution in [-0.4, -0.2) is 35.8 Å². The van der Waals surface area contributed by atoms with E-state index in [-0.39, 0.29) is 41.5 Å². The molecule has 2 atom stereocenters. The molecular formula is C28H31NO4. The minimum absolute atomic E-state index is 0.0250. The van der Waals surface area contributed by atoms with Crippen molar-refractivity contribution in [3.05, 3.63) is 70.8 Å². The summed E-state index contributed by atoms with van der Waals surface area (Å²) < 4.78 is 5.20. The quantitative estimate of drug-likeness (QED) is 0.317. The van der Waals surface area contributed by atoms with Crippen molar-refractivity contribution in [3.63, 3.8) is 0 Å². The fraction of sp³-hybridized carbons (Fsp3) is 0.464. The average Bonchev–Trinajstić information content (AvgIpc) is 3.09. The lowest BCUT2D eigenvalue weighted by Crippen LogP contribution is -2.41. The molecule has 0 spiro atoms. The zero-order valence-electron chi connectivity index (χ0n) is 19.2. The molecule has 0 N–H and O–H groups in total. The minimum Gasteiger partial charge on any atom is -0.466 e. The maximum Gasteiger partial charge on any atom is 0.305 e. The first-order valence-corrected chi connectivity index (χ1v) is 12.3. The Morgan fingerprint density at radius 2 is 1.30 bits per heavy atom. The van der Waals surface area contributed by atoms with Crippen molar-refractivity contribution >= 4 is 17.8 Å². The fourth-order valence-electron chi connectivity index (χ4n) is 6.08. The van der Waals surface area contributed by atoms with E-state index in [0.717, 1.165) is 25.7 Å². The zero-order chi connectivity index (χ0) is 22.9. The largest absolute Gasteiger partial charge is 0.466 e. The summed E-state index contributed by atoms with van der Waals surface area (Å²) in [5.74, 6) is -0.916. The van der Waals surface area contributed by atoms with E-state index in [9.17, 15) is 14.4 Å². The second-order valence-corrected chi connectivity index (χ2v) is 9.48. The van der Waals surface area contributed by atoms with E-state index in [4.69, 9.17) is 4.74 Å². The maximum absolute atomic E-state index is 13.5. The van der Waals surface area contributed by atoms with Crippen LogP contribution in [0.5, 0.6) is 0 Å². The van der Waals surface area contributed by atoms with Gasteiger partial charge in [0.2, 0.25) is 11.8 Å². The minimum atomic E-state index is -0.305. The molecule has 4 aliphatic rings. The predicted octanol–water partition coefficient (Wildman–Crippen LogP) is 4.78. The molecule has 5 nitrogen and oxygen atoms in total. The summed E-state index contributed by atoms with van der Waals surface area (Å²) in [6, 6.07) is 16.6. The van der Waals surface area contributed by atoms with E-state index >= 15 is 0 Å². The number of benzene rings is 2. The predicted molar refractivity (Wildman–Crippen MR) is 125 cm³/mol. The molecule has 0 radical (unpaired) electrons. The van der Waals surface area contributed by atoms with Crippen LogP contribution in [0.4, 0.5) is 0 Å². The number of hydrogen-bond donors (Lipinski definition) is 0. The molecule has 0 aromatic heterocycles. The van der Waals surface area contributed by atoms with Gasteiger partial charge in [-0.05, 0) is 41.5 Å². The molecule has 2 aromatic rings. The van der Waals surface area contributed by atoms with Crippen LogP contribution in [0.15, 0.2) is 48.5 Å². The van der Waals surface area contributed by atoms with Crippen LogP contribution in [0, 0.1) is 11.8 Å². The number of esters is 1. The third-order valence-corrected chi connectivity index (χ3v) is 7.56. The number of likely N-dealkylation sites (tertiary alicyclic amines) is 1. The maximum atomic E-state index is 13.5. The first kappa shape index (κ1) is 21.9. The number of amides is 2. The van der Waals surface area contributed by atoms with Crippen LogP contribution >= 0.6 is 0 Å². The van der Waals surface area contributed by atoms with Gasteiger partial charge in [-0.1, -0.05) is 68.3 Å². The van der Waals surface area contributed by atoms with E-state index in [1.807, 2.05) is 24.3 Å². The Kier molecular flexibility index (Phi) is 6.05. The number of ether oxygens (including phenoxy) is 1. The van der Waals surface area contributed by atoms with Crippen molar-refractivity contribution in [2.24, 2.45) is 11.8 Å². The molecule has 5 heteroatoms. The Morgan fingerprint density at radius 3 is 1.79 bits per heavy atom. The molecule has 2 aromatic carbocycles. The standard InChI is InChI=1S/C28H31NO4/c1-2-3-17-33-22(30)15-5-4-10-16-29-27(31)25-23-18-11-6-7-12-19(18)24(26(25)28(29)32)21-14-9-8-13-20(21)23/h6-9,11-14,23-26H,2-5,10,15-17H2,1H3/t23?,24?,25-,26-/m0/s1. The van der Waals surface area contributed by atoms with Crippen molar-refractivity contribution in [1.82, 2.24) is 4.90 Å². The van der Waals surface area contributed by atoms with Crippen LogP contribution in [-0.2, 0) is 19.1 Å². The lowest BCUT2D eigenvalue weighted by atomic mass is 9.55. The van der Waals surface area contributed by atoms with Gasteiger partial charge in [-0.15, -0.1) is 0 Å². The topological polar surface area (TPSA) is 63.7 Å². The van der Waals surface area contributed by atoms with Gasteiger partial charge in [0.1, 0.15) is 0 Å². The van der Waals surface area contributed by atoms with Crippen LogP contribution in [0.3, 0.4) is 0 Å². The molecule has 6 rings (SSSR count). The van der Waals surface area contributed by atoms with Crippen molar-refractivity contribution in [3.8, 4) is 0 Å². The second kappa shape index (κ2) is 9.12. The van der Waals surface area contributed by atoms with Gasteiger partial charge in [0.15, 0.2) is 0 Å². The SMILES string of the molecule is CCCCOC(=O)CCCCCN1C(=O)[C@H]2C3c4ccccc4C(c4ccccc43)[C@@H]2C1=O. The summed E-state index contributed by atoms with van der Waals surface area (Å²) in [7, 11) is 0. The van der Waals surface area contributed by atoms with E-state index < -0.39 is 0 Å². The summed E-state index contributed by atoms with van der Waals surface area (Å²) in [6.45, 7) is 2.98. The molecule has 33 heavy (non-hydrogen) atoms. The average molecular weight is 446 g/mol. The van der Waals surface area contributed by atoms with Crippen LogP contribution in [0.2, 0.25) is 0 Å². The lowest BCUT2D eigenvalue weighted by Gasteiger charge is -2.45. The van der Waals surface area contributed by atoms with Gasteiger partial charge < -0.3 is 4.74 Å². The molecule has 0 unspecified atom stereocenters. The highest BCUT2D eigenvalue weighted by atomic mass is 16.5. The Bertz CT molecular complexity index is 962. The van der Waals surface area contributed by atoms with Crippen molar-refractivity contribution < 1.29 is 19.1 Å². The van der Waals surface area contributed by atoms with Gasteiger partial charge in [0.25, 0.3) is 0 Å². The van der Waals surface area contributed by atoms with Crippen LogP contribution < -0.4 is 0 Å². The molecule has 1 aliphatic heterocycles. The number of carbonyl (C=O) groups is 3. The van der Waals surface area contributed by atoms with Gasteiger partial charge in [-0.25, -0.2) is 0 Å². The number of nitrogens with zero attached hydrogens (tertiary/aromatic N) is 1. The normalized spacial score (nSPS) is 24.5. The van der Waals surface area contributed by atoms with E-state index in [0.29, 0.717) is 26.0 Å². The second-order valence-electron chi connectivity index (χ2n) is 9.48. The highest BCUT2D eigenvalue weighted by Crippen LogP contribution is 2.60.